The lowest BCUT2D eigenvalue weighted by atomic mass is 10.2. The average Bonchev–Trinajstić information content (AvgIpc) is 2.62. The van der Waals surface area contributed by atoms with Gasteiger partial charge in [-0.1, -0.05) is 23.2 Å². The summed E-state index contributed by atoms with van der Waals surface area (Å²) in [6.07, 6.45) is 0. The van der Waals surface area contributed by atoms with Crippen molar-refractivity contribution < 1.29 is 13.2 Å². The van der Waals surface area contributed by atoms with Crippen LogP contribution in [0.4, 0.5) is 0 Å². The van der Waals surface area contributed by atoms with Crippen LogP contribution in [0.5, 0.6) is 11.5 Å². The van der Waals surface area contributed by atoms with E-state index in [0.717, 1.165) is 11.5 Å². The van der Waals surface area contributed by atoms with Crippen molar-refractivity contribution in [3.63, 3.8) is 0 Å². The fourth-order valence-electron chi connectivity index (χ4n) is 2.50. The van der Waals surface area contributed by atoms with Crippen LogP contribution >= 0.6 is 35.0 Å². The first-order valence-electron chi connectivity index (χ1n) is 7.66. The van der Waals surface area contributed by atoms with Crippen LogP contribution < -0.4 is 4.74 Å². The molecule has 26 heavy (non-hydrogen) atoms. The molecule has 0 amide bonds. The zero-order valence-electron chi connectivity index (χ0n) is 13.5. The molecule has 5 nitrogen and oxygen atoms in total. The highest BCUT2D eigenvalue weighted by Crippen LogP contribution is 2.34. The second-order valence-electron chi connectivity index (χ2n) is 5.50. The van der Waals surface area contributed by atoms with Gasteiger partial charge in [0, 0.05) is 34.6 Å². The molecule has 0 spiro atoms. The summed E-state index contributed by atoms with van der Waals surface area (Å²) in [7, 11) is -3.79. The van der Waals surface area contributed by atoms with Crippen molar-refractivity contribution in [2.45, 2.75) is 4.90 Å². The number of thioether (sulfide) groups is 1. The van der Waals surface area contributed by atoms with E-state index >= 15 is 0 Å². The third kappa shape index (κ3) is 4.27. The van der Waals surface area contributed by atoms with Gasteiger partial charge in [0.25, 0.3) is 0 Å². The Bertz CT molecular complexity index is 948. The Balaban J connectivity index is 2.04. The van der Waals surface area contributed by atoms with Crippen molar-refractivity contribution in [3.8, 4) is 17.6 Å². The highest BCUT2D eigenvalue weighted by molar-refractivity contribution is 7.99. The van der Waals surface area contributed by atoms with Gasteiger partial charge in [-0.3, -0.25) is 0 Å². The topological polar surface area (TPSA) is 70.4 Å². The third-order valence-corrected chi connectivity index (χ3v) is 7.02. The van der Waals surface area contributed by atoms with E-state index in [2.05, 4.69) is 0 Å². The molecule has 0 atom stereocenters. The molecule has 1 saturated heterocycles. The molecule has 2 aromatic rings. The summed E-state index contributed by atoms with van der Waals surface area (Å²) in [6.45, 7) is 0.846. The van der Waals surface area contributed by atoms with Crippen molar-refractivity contribution >= 4 is 45.0 Å². The van der Waals surface area contributed by atoms with E-state index < -0.39 is 10.0 Å². The summed E-state index contributed by atoms with van der Waals surface area (Å²) < 4.78 is 33.3. The molecule has 0 bridgehead atoms. The van der Waals surface area contributed by atoms with Crippen LogP contribution in [0, 0.1) is 11.3 Å². The van der Waals surface area contributed by atoms with Gasteiger partial charge in [0.05, 0.1) is 11.6 Å². The summed E-state index contributed by atoms with van der Waals surface area (Å²) in [5, 5.41) is 9.90. The van der Waals surface area contributed by atoms with Crippen molar-refractivity contribution in [1.82, 2.24) is 4.31 Å². The normalized spacial score (nSPS) is 15.4. The van der Waals surface area contributed by atoms with Crippen LogP contribution in [-0.2, 0) is 10.0 Å². The minimum absolute atomic E-state index is 0.0421. The number of nitrogens with zero attached hydrogens (tertiary/aromatic N) is 2. The zero-order valence-corrected chi connectivity index (χ0v) is 16.6. The van der Waals surface area contributed by atoms with Crippen molar-refractivity contribution in [2.24, 2.45) is 0 Å². The van der Waals surface area contributed by atoms with E-state index in [9.17, 15) is 8.42 Å². The smallest absolute Gasteiger partial charge is 0.246 e. The second-order valence-corrected chi connectivity index (χ2v) is 9.50. The van der Waals surface area contributed by atoms with Gasteiger partial charge >= 0.3 is 0 Å². The van der Waals surface area contributed by atoms with Gasteiger partial charge in [-0.15, -0.1) is 0 Å². The molecule has 2 aromatic carbocycles. The molecule has 0 radical (unpaired) electrons. The van der Waals surface area contributed by atoms with Gasteiger partial charge in [0.1, 0.15) is 16.4 Å². The van der Waals surface area contributed by atoms with Gasteiger partial charge < -0.3 is 4.74 Å². The van der Waals surface area contributed by atoms with Gasteiger partial charge in [-0.05, 0) is 36.4 Å². The number of ether oxygens (including phenoxy) is 1. The molecular formula is C17H14Cl2N2O3S2. The molecule has 1 fully saturated rings. The lowest BCUT2D eigenvalue weighted by Gasteiger charge is -2.26. The highest BCUT2D eigenvalue weighted by Gasteiger charge is 2.29. The fourth-order valence-corrected chi connectivity index (χ4v) is 5.73. The number of nitriles is 1. The van der Waals surface area contributed by atoms with E-state index in [-0.39, 0.29) is 16.2 Å². The minimum atomic E-state index is -3.79. The maximum atomic E-state index is 13.1. The van der Waals surface area contributed by atoms with Crippen LogP contribution in [0.15, 0.2) is 41.3 Å². The molecule has 9 heteroatoms. The number of rotatable bonds is 4. The predicted octanol–water partition coefficient (Wildman–Crippen LogP) is 4.39. The molecule has 0 unspecified atom stereocenters. The molecular weight excluding hydrogens is 415 g/mol. The maximum Gasteiger partial charge on any atom is 0.246 e. The Kier molecular flexibility index (Phi) is 6.00. The van der Waals surface area contributed by atoms with Crippen LogP contribution in [0.3, 0.4) is 0 Å². The molecule has 3 rings (SSSR count). The van der Waals surface area contributed by atoms with Gasteiger partial charge in [0.15, 0.2) is 0 Å². The maximum absolute atomic E-state index is 13.1. The first-order chi connectivity index (χ1) is 12.4. The Morgan fingerprint density at radius 3 is 2.35 bits per heavy atom. The highest BCUT2D eigenvalue weighted by atomic mass is 35.5. The SMILES string of the molecule is N#Cc1ccc(Oc2cc(Cl)cc(Cl)c2)c(S(=O)(=O)N2CCSCC2)c1. The first-order valence-corrected chi connectivity index (χ1v) is 11.0. The van der Waals surface area contributed by atoms with Crippen molar-refractivity contribution in [1.29, 1.82) is 5.26 Å². The summed E-state index contributed by atoms with van der Waals surface area (Å²) in [5.41, 5.74) is 0.242. The Morgan fingerprint density at radius 2 is 1.73 bits per heavy atom. The first kappa shape index (κ1) is 19.3. The van der Waals surface area contributed by atoms with E-state index in [0.29, 0.717) is 28.9 Å². The standard InChI is InChI=1S/C17H14Cl2N2O3S2/c18-13-8-14(19)10-15(9-13)24-16-2-1-12(11-20)7-17(16)26(22,23)21-3-5-25-6-4-21/h1-2,7-10H,3-6H2. The van der Waals surface area contributed by atoms with E-state index in [1.807, 2.05) is 6.07 Å². The van der Waals surface area contributed by atoms with E-state index in [1.165, 1.54) is 22.5 Å². The van der Waals surface area contributed by atoms with Crippen molar-refractivity contribution in [3.05, 3.63) is 52.0 Å². The lowest BCUT2D eigenvalue weighted by molar-refractivity contribution is 0.431. The quantitative estimate of drug-likeness (QED) is 0.721. The molecule has 0 N–H and O–H groups in total. The minimum Gasteiger partial charge on any atom is -0.456 e. The number of sulfonamides is 1. The second kappa shape index (κ2) is 8.07. The monoisotopic (exact) mass is 428 g/mol. The largest absolute Gasteiger partial charge is 0.456 e. The van der Waals surface area contributed by atoms with Crippen LogP contribution in [0.1, 0.15) is 5.56 Å². The van der Waals surface area contributed by atoms with E-state index in [1.54, 1.807) is 30.0 Å². The number of halogens is 2. The molecule has 136 valence electrons. The van der Waals surface area contributed by atoms with Crippen LogP contribution in [0.2, 0.25) is 10.0 Å². The molecule has 0 aromatic heterocycles. The van der Waals surface area contributed by atoms with Crippen LogP contribution in [0.25, 0.3) is 0 Å². The Hall–Kier alpha value is -1.43. The van der Waals surface area contributed by atoms with Gasteiger partial charge in [-0.25, -0.2) is 8.42 Å². The Labute approximate surface area is 166 Å². The molecule has 1 aliphatic rings. The number of hydrogen-bond acceptors (Lipinski definition) is 5. The molecule has 0 saturated carbocycles. The summed E-state index contributed by atoms with van der Waals surface area (Å²) in [6, 6.07) is 10.9. The van der Waals surface area contributed by atoms with E-state index in [4.69, 9.17) is 33.2 Å². The third-order valence-electron chi connectivity index (χ3n) is 3.72. The zero-order chi connectivity index (χ0) is 18.7. The van der Waals surface area contributed by atoms with Crippen molar-refractivity contribution in [2.75, 3.05) is 24.6 Å². The summed E-state index contributed by atoms with van der Waals surface area (Å²) >= 11 is 13.7. The Morgan fingerprint density at radius 1 is 1.08 bits per heavy atom. The number of hydrogen-bond donors (Lipinski definition) is 0. The molecule has 1 heterocycles. The summed E-state index contributed by atoms with van der Waals surface area (Å²) in [5.74, 6) is 1.91. The van der Waals surface area contributed by atoms with Gasteiger partial charge in [0.2, 0.25) is 10.0 Å². The lowest BCUT2D eigenvalue weighted by Crippen LogP contribution is -2.38. The summed E-state index contributed by atoms with van der Waals surface area (Å²) in [4.78, 5) is -0.0421. The molecule has 1 aliphatic heterocycles. The van der Waals surface area contributed by atoms with Gasteiger partial charge in [-0.2, -0.15) is 21.3 Å². The van der Waals surface area contributed by atoms with Crippen LogP contribution in [-0.4, -0.2) is 37.3 Å². The molecule has 0 aliphatic carbocycles. The number of benzene rings is 2. The predicted molar refractivity (Wildman–Crippen MR) is 104 cm³/mol. The fraction of sp³-hybridized carbons (Fsp3) is 0.235. The average molecular weight is 429 g/mol.